The van der Waals surface area contributed by atoms with Crippen molar-refractivity contribution in [3.05, 3.63) is 48.0 Å². The Morgan fingerprint density at radius 2 is 1.77 bits per heavy atom. The van der Waals surface area contributed by atoms with Gasteiger partial charge in [0.15, 0.2) is 0 Å². The Bertz CT molecular complexity index is 795. The van der Waals surface area contributed by atoms with Gasteiger partial charge >= 0.3 is 7.12 Å². The molecule has 3 rings (SSSR count). The van der Waals surface area contributed by atoms with Gasteiger partial charge in [-0.25, -0.2) is 8.42 Å². The summed E-state index contributed by atoms with van der Waals surface area (Å²) >= 11 is 0. The fraction of sp³-hybridized carbons (Fsp3) is 0.0769. The van der Waals surface area contributed by atoms with E-state index in [4.69, 9.17) is 9.86 Å². The molecule has 1 heterocycles. The molecule has 22 heavy (non-hydrogen) atoms. The molecule has 114 valence electrons. The maximum Gasteiger partial charge on any atom is 0.491 e. The quantitative estimate of drug-likeness (QED) is 0.483. The fourth-order valence-corrected chi connectivity index (χ4v) is 3.25. The highest BCUT2D eigenvalue weighted by Crippen LogP contribution is 2.19. The van der Waals surface area contributed by atoms with E-state index >= 15 is 0 Å². The minimum absolute atomic E-state index is 0.0591. The fourth-order valence-electron chi connectivity index (χ4n) is 2.20. The number of benzene rings is 2. The molecular formula is C13H13BN2O5S. The average molecular weight is 320 g/mol. The van der Waals surface area contributed by atoms with Crippen LogP contribution >= 0.6 is 0 Å². The van der Waals surface area contributed by atoms with Gasteiger partial charge in [0.05, 0.1) is 17.2 Å². The van der Waals surface area contributed by atoms with Crippen molar-refractivity contribution in [3.8, 4) is 0 Å². The van der Waals surface area contributed by atoms with Crippen molar-refractivity contribution < 1.29 is 23.3 Å². The van der Waals surface area contributed by atoms with Gasteiger partial charge in [0.2, 0.25) is 0 Å². The van der Waals surface area contributed by atoms with E-state index in [1.165, 1.54) is 24.3 Å². The van der Waals surface area contributed by atoms with E-state index < -0.39 is 17.1 Å². The third kappa shape index (κ3) is 2.79. The molecule has 0 bridgehead atoms. The summed E-state index contributed by atoms with van der Waals surface area (Å²) < 4.78 is 32.1. The molecule has 4 N–H and O–H groups in total. The van der Waals surface area contributed by atoms with Gasteiger partial charge in [0.1, 0.15) is 0 Å². The third-order valence-electron chi connectivity index (χ3n) is 3.35. The second-order valence-corrected chi connectivity index (χ2v) is 6.50. The van der Waals surface area contributed by atoms with Gasteiger partial charge in [-0.2, -0.15) is 0 Å². The molecule has 0 spiro atoms. The third-order valence-corrected chi connectivity index (χ3v) is 4.75. The number of hydrogen-bond acceptors (Lipinski definition) is 6. The minimum atomic E-state index is -3.76. The van der Waals surface area contributed by atoms with Crippen molar-refractivity contribution in [1.29, 1.82) is 0 Å². The normalized spacial score (nSPS) is 13.8. The van der Waals surface area contributed by atoms with Crippen molar-refractivity contribution in [2.75, 3.05) is 10.2 Å². The van der Waals surface area contributed by atoms with Gasteiger partial charge in [0, 0.05) is 5.69 Å². The van der Waals surface area contributed by atoms with Crippen LogP contribution in [0.1, 0.15) is 5.56 Å². The van der Waals surface area contributed by atoms with Crippen LogP contribution in [0.4, 0.5) is 11.4 Å². The molecule has 0 radical (unpaired) electrons. The first-order valence-electron chi connectivity index (χ1n) is 6.45. The van der Waals surface area contributed by atoms with E-state index in [1.807, 2.05) is 5.48 Å². The Balaban J connectivity index is 1.86. The molecule has 0 saturated heterocycles. The highest BCUT2D eigenvalue weighted by molar-refractivity contribution is 7.92. The average Bonchev–Trinajstić information content (AvgIpc) is 2.88. The summed E-state index contributed by atoms with van der Waals surface area (Å²) in [5, 5.41) is 18.4. The molecule has 1 aliphatic rings. The maximum absolute atomic E-state index is 12.3. The van der Waals surface area contributed by atoms with Gasteiger partial charge < -0.3 is 9.68 Å². The van der Waals surface area contributed by atoms with E-state index in [9.17, 15) is 13.4 Å². The van der Waals surface area contributed by atoms with E-state index in [1.54, 1.807) is 18.2 Å². The predicted molar refractivity (Wildman–Crippen MR) is 81.5 cm³/mol. The van der Waals surface area contributed by atoms with Crippen molar-refractivity contribution in [2.45, 2.75) is 11.5 Å². The first-order valence-corrected chi connectivity index (χ1v) is 7.93. The minimum Gasteiger partial charge on any atom is -0.423 e. The van der Waals surface area contributed by atoms with Gasteiger partial charge in [-0.15, -0.1) is 0 Å². The number of fused-ring (bicyclic) bond motifs is 1. The van der Waals surface area contributed by atoms with E-state index in [2.05, 4.69) is 4.72 Å². The largest absolute Gasteiger partial charge is 0.491 e. The monoisotopic (exact) mass is 320 g/mol. The Kier molecular flexibility index (Phi) is 3.79. The second kappa shape index (κ2) is 5.62. The smallest absolute Gasteiger partial charge is 0.423 e. The van der Waals surface area contributed by atoms with E-state index in [0.717, 1.165) is 5.56 Å². The zero-order valence-corrected chi connectivity index (χ0v) is 12.2. The van der Waals surface area contributed by atoms with Crippen molar-refractivity contribution in [2.24, 2.45) is 0 Å². The van der Waals surface area contributed by atoms with E-state index in [0.29, 0.717) is 23.4 Å². The van der Waals surface area contributed by atoms with Crippen LogP contribution in [0.15, 0.2) is 47.4 Å². The number of rotatable bonds is 4. The summed E-state index contributed by atoms with van der Waals surface area (Å²) in [4.78, 5) is 0.0591. The maximum atomic E-state index is 12.3. The number of sulfonamides is 1. The van der Waals surface area contributed by atoms with Crippen LogP contribution in [0.25, 0.3) is 0 Å². The van der Waals surface area contributed by atoms with Crippen LogP contribution in [-0.4, -0.2) is 25.8 Å². The predicted octanol–water partition coefficient (Wildman–Crippen LogP) is 0.506. The van der Waals surface area contributed by atoms with Gasteiger partial charge in [-0.1, -0.05) is 6.07 Å². The highest BCUT2D eigenvalue weighted by atomic mass is 32.2. The molecule has 0 fully saturated rings. The summed E-state index contributed by atoms with van der Waals surface area (Å²) in [6.07, 6.45) is 0. The summed E-state index contributed by atoms with van der Waals surface area (Å²) in [6, 6.07) is 10.5. The lowest BCUT2D eigenvalue weighted by Crippen LogP contribution is -2.28. The summed E-state index contributed by atoms with van der Waals surface area (Å²) in [6.45, 7) is 0.305. The molecule has 2 aromatic rings. The van der Waals surface area contributed by atoms with Crippen LogP contribution < -0.4 is 15.7 Å². The van der Waals surface area contributed by atoms with Crippen molar-refractivity contribution in [1.82, 2.24) is 0 Å². The van der Waals surface area contributed by atoms with Crippen LogP contribution in [-0.2, 0) is 21.3 Å². The van der Waals surface area contributed by atoms with Crippen LogP contribution in [0, 0.1) is 0 Å². The van der Waals surface area contributed by atoms with Gasteiger partial charge in [0.25, 0.3) is 10.0 Å². The van der Waals surface area contributed by atoms with E-state index in [-0.39, 0.29) is 4.90 Å². The standard InChI is InChI=1S/C13H13BN2O5S/c17-14-13-7-11(2-1-9(13)8-21-14)16-22(19,20)12-5-3-10(15-18)4-6-12/h1-7,15-18H,8H2. The molecule has 0 atom stereocenters. The molecular weight excluding hydrogens is 307 g/mol. The first kappa shape index (κ1) is 14.9. The Morgan fingerprint density at radius 3 is 2.45 bits per heavy atom. The molecule has 0 amide bonds. The summed E-state index contributed by atoms with van der Waals surface area (Å²) in [5.41, 5.74) is 4.04. The molecule has 1 aliphatic heterocycles. The summed E-state index contributed by atoms with van der Waals surface area (Å²) in [5.74, 6) is 0. The van der Waals surface area contributed by atoms with Crippen molar-refractivity contribution >= 4 is 34.0 Å². The Hall–Kier alpha value is -2.07. The highest BCUT2D eigenvalue weighted by Gasteiger charge is 2.27. The molecule has 0 unspecified atom stereocenters. The van der Waals surface area contributed by atoms with Crippen LogP contribution in [0.3, 0.4) is 0 Å². The lowest BCUT2D eigenvalue weighted by atomic mass is 9.79. The van der Waals surface area contributed by atoms with Crippen LogP contribution in [0.2, 0.25) is 0 Å². The molecule has 0 aliphatic carbocycles. The number of anilines is 2. The zero-order valence-electron chi connectivity index (χ0n) is 11.4. The second-order valence-electron chi connectivity index (χ2n) is 4.82. The zero-order chi connectivity index (χ0) is 15.7. The van der Waals surface area contributed by atoms with Gasteiger partial charge in [-0.3, -0.25) is 15.4 Å². The molecule has 0 aromatic heterocycles. The number of hydrogen-bond donors (Lipinski definition) is 4. The first-order chi connectivity index (χ1) is 10.5. The SMILES string of the molecule is O=S(=O)(Nc1ccc2c(c1)B(O)OC2)c1ccc(NO)cc1. The Labute approximate surface area is 127 Å². The van der Waals surface area contributed by atoms with Crippen LogP contribution in [0.5, 0.6) is 0 Å². The van der Waals surface area contributed by atoms with Gasteiger partial charge in [-0.05, 0) is 47.4 Å². The van der Waals surface area contributed by atoms with Crippen molar-refractivity contribution in [3.63, 3.8) is 0 Å². The lowest BCUT2D eigenvalue weighted by molar-refractivity contribution is 0.275. The summed E-state index contributed by atoms with van der Waals surface area (Å²) in [7, 11) is -4.79. The molecule has 9 heteroatoms. The number of nitrogens with one attached hydrogen (secondary N) is 2. The topological polar surface area (TPSA) is 108 Å². The molecule has 0 saturated carbocycles. The molecule has 7 nitrogen and oxygen atoms in total. The lowest BCUT2D eigenvalue weighted by Gasteiger charge is -2.10. The molecule has 2 aromatic carbocycles. The Morgan fingerprint density at radius 1 is 1.09 bits per heavy atom.